The van der Waals surface area contributed by atoms with Crippen LogP contribution in [0.4, 0.5) is 8.78 Å². The minimum Gasteiger partial charge on any atom is -0.497 e. The average molecular weight is 763 g/mol. The fraction of sp³-hybridized carbons (Fsp3) is 0.405. The third-order valence-electron chi connectivity index (χ3n) is 9.11. The van der Waals surface area contributed by atoms with E-state index in [0.29, 0.717) is 17.1 Å². The van der Waals surface area contributed by atoms with Crippen molar-refractivity contribution >= 4 is 8.53 Å². The Labute approximate surface area is 318 Å². The molecular formula is C42H49F2N2O7P. The summed E-state index contributed by atoms with van der Waals surface area (Å²) in [4.78, 5) is 0. The van der Waals surface area contributed by atoms with E-state index in [0.717, 1.165) is 22.8 Å². The van der Waals surface area contributed by atoms with Crippen LogP contribution >= 0.6 is 8.53 Å². The maximum atomic E-state index is 14.1. The topological polar surface area (TPSA) is 91.6 Å². The van der Waals surface area contributed by atoms with Gasteiger partial charge in [-0.25, -0.2) is 13.5 Å². The summed E-state index contributed by atoms with van der Waals surface area (Å²) < 4.78 is 74.5. The second-order valence-corrected chi connectivity index (χ2v) is 14.8. The zero-order valence-corrected chi connectivity index (χ0v) is 32.5. The molecule has 0 amide bonds. The maximum absolute atomic E-state index is 14.1. The van der Waals surface area contributed by atoms with Gasteiger partial charge in [-0.2, -0.15) is 5.26 Å². The first-order valence-corrected chi connectivity index (χ1v) is 19.1. The predicted octanol–water partition coefficient (Wildman–Crippen LogP) is 8.94. The van der Waals surface area contributed by atoms with Gasteiger partial charge in [0.05, 0.1) is 53.1 Å². The lowest BCUT2D eigenvalue weighted by molar-refractivity contribution is -0.0726. The SMILES string of the molecule is COc1ccc(C(OC[C@H]2OC[C@H](OCc3cc(F)cc(F)c3)[C@@H]2OP(OCCC#N)N(C(C)C)C(C)C)(c2ccccc2)c2ccc(OC)cc2)cc1. The molecular weight excluding hydrogens is 713 g/mol. The smallest absolute Gasteiger partial charge is 0.259 e. The number of nitrogens with zero attached hydrogens (tertiary/aromatic N) is 2. The highest BCUT2D eigenvalue weighted by Gasteiger charge is 2.46. The van der Waals surface area contributed by atoms with Crippen LogP contribution in [0.1, 0.15) is 56.4 Å². The van der Waals surface area contributed by atoms with E-state index in [1.165, 1.54) is 12.1 Å². The molecule has 1 heterocycles. The molecule has 54 heavy (non-hydrogen) atoms. The van der Waals surface area contributed by atoms with E-state index in [2.05, 4.69) is 38.4 Å². The Morgan fingerprint density at radius 2 is 1.39 bits per heavy atom. The summed E-state index contributed by atoms with van der Waals surface area (Å²) in [6, 6.07) is 31.0. The first-order valence-electron chi connectivity index (χ1n) is 18.0. The highest BCUT2D eigenvalue weighted by Crippen LogP contribution is 2.50. The lowest BCUT2D eigenvalue weighted by Crippen LogP contribution is -2.42. The predicted molar refractivity (Wildman–Crippen MR) is 203 cm³/mol. The van der Waals surface area contributed by atoms with E-state index in [1.807, 2.05) is 78.9 Å². The molecule has 9 nitrogen and oxygen atoms in total. The first-order chi connectivity index (χ1) is 26.1. The molecule has 0 aliphatic carbocycles. The molecule has 0 saturated carbocycles. The average Bonchev–Trinajstić information content (AvgIpc) is 3.55. The molecule has 4 aromatic carbocycles. The van der Waals surface area contributed by atoms with E-state index in [4.69, 9.17) is 32.7 Å². The van der Waals surface area contributed by atoms with Crippen LogP contribution in [0.3, 0.4) is 0 Å². The lowest BCUT2D eigenvalue weighted by Gasteiger charge is -2.39. The Bertz CT molecular complexity index is 1720. The van der Waals surface area contributed by atoms with Gasteiger partial charge in [-0.15, -0.1) is 0 Å². The van der Waals surface area contributed by atoms with Crippen LogP contribution in [-0.4, -0.2) is 69.1 Å². The zero-order valence-electron chi connectivity index (χ0n) is 31.6. The van der Waals surface area contributed by atoms with Gasteiger partial charge in [-0.1, -0.05) is 54.6 Å². The van der Waals surface area contributed by atoms with Gasteiger partial charge in [-0.3, -0.25) is 0 Å². The molecule has 0 radical (unpaired) electrons. The minimum absolute atomic E-state index is 0.0423. The summed E-state index contributed by atoms with van der Waals surface area (Å²) in [5.74, 6) is 0.0174. The standard InChI is InChI=1S/C42H49F2N2O7P/c1-29(2)46(30(3)4)54(52-22-10-21-45)53-41-39(49-26-31-23-35(43)25-36(44)24-31)27-50-40(41)28-51-42(32-11-8-7-9-12-32,33-13-17-37(47-5)18-14-33)34-15-19-38(48-6)20-16-34/h7-9,11-20,23-25,29-30,39-41H,10,22,26-28H2,1-6H3/t39-,40+,41-,54?/m0/s1. The first kappa shape index (κ1) is 41.2. The largest absolute Gasteiger partial charge is 0.497 e. The van der Waals surface area contributed by atoms with Gasteiger partial charge in [0.1, 0.15) is 47.0 Å². The number of methoxy groups -OCH3 is 2. The number of hydrogen-bond donors (Lipinski definition) is 0. The van der Waals surface area contributed by atoms with Gasteiger partial charge < -0.3 is 32.7 Å². The molecule has 12 heteroatoms. The molecule has 1 saturated heterocycles. The minimum atomic E-state index is -1.72. The molecule has 4 aromatic rings. The molecule has 0 spiro atoms. The second kappa shape index (κ2) is 19.6. The Hall–Kier alpha value is -3.98. The van der Waals surface area contributed by atoms with Crippen LogP contribution in [-0.2, 0) is 35.5 Å². The summed E-state index contributed by atoms with van der Waals surface area (Å²) in [6.45, 7) is 8.51. The summed E-state index contributed by atoms with van der Waals surface area (Å²) in [5, 5.41) is 9.31. The van der Waals surface area contributed by atoms with E-state index < -0.39 is 44.1 Å². The van der Waals surface area contributed by atoms with E-state index in [-0.39, 0.29) is 44.9 Å². The highest BCUT2D eigenvalue weighted by molar-refractivity contribution is 7.44. The quantitative estimate of drug-likeness (QED) is 0.0528. The van der Waals surface area contributed by atoms with E-state index in [1.54, 1.807) is 14.2 Å². The van der Waals surface area contributed by atoms with Gasteiger partial charge in [0.25, 0.3) is 8.53 Å². The van der Waals surface area contributed by atoms with Crippen molar-refractivity contribution in [2.45, 2.75) is 76.7 Å². The van der Waals surface area contributed by atoms with Crippen molar-refractivity contribution in [1.82, 2.24) is 4.67 Å². The Balaban J connectivity index is 1.55. The summed E-state index contributed by atoms with van der Waals surface area (Å²) >= 11 is 0. The number of halogens is 2. The summed E-state index contributed by atoms with van der Waals surface area (Å²) in [7, 11) is 1.53. The molecule has 0 bridgehead atoms. The molecule has 1 fully saturated rings. The Morgan fingerprint density at radius 1 is 0.833 bits per heavy atom. The second-order valence-electron chi connectivity index (χ2n) is 13.4. The Kier molecular flexibility index (Phi) is 14.9. The van der Waals surface area contributed by atoms with Crippen LogP contribution in [0.5, 0.6) is 11.5 Å². The van der Waals surface area contributed by atoms with Crippen molar-refractivity contribution in [2.75, 3.05) is 34.0 Å². The number of hydrogen-bond acceptors (Lipinski definition) is 9. The van der Waals surface area contributed by atoms with E-state index in [9.17, 15) is 14.0 Å². The van der Waals surface area contributed by atoms with Gasteiger partial charge >= 0.3 is 0 Å². The molecule has 0 N–H and O–H groups in total. The highest BCUT2D eigenvalue weighted by atomic mass is 31.2. The van der Waals surface area contributed by atoms with Crippen LogP contribution in [0.2, 0.25) is 0 Å². The maximum Gasteiger partial charge on any atom is 0.259 e. The molecule has 4 atom stereocenters. The molecule has 288 valence electrons. The van der Waals surface area contributed by atoms with Crippen LogP contribution in [0.15, 0.2) is 97.1 Å². The van der Waals surface area contributed by atoms with Crippen molar-refractivity contribution in [2.24, 2.45) is 0 Å². The van der Waals surface area contributed by atoms with Crippen molar-refractivity contribution in [3.63, 3.8) is 0 Å². The molecule has 5 rings (SSSR count). The van der Waals surface area contributed by atoms with Crippen molar-refractivity contribution in [3.8, 4) is 17.6 Å². The van der Waals surface area contributed by atoms with Crippen molar-refractivity contribution < 1.29 is 41.5 Å². The van der Waals surface area contributed by atoms with Crippen molar-refractivity contribution in [1.29, 1.82) is 5.26 Å². The van der Waals surface area contributed by atoms with E-state index >= 15 is 0 Å². The number of benzene rings is 4. The fourth-order valence-electron chi connectivity index (χ4n) is 6.65. The molecule has 0 aromatic heterocycles. The lowest BCUT2D eigenvalue weighted by atomic mass is 9.80. The van der Waals surface area contributed by atoms with Crippen molar-refractivity contribution in [3.05, 3.63) is 131 Å². The normalized spacial score (nSPS) is 17.9. The Morgan fingerprint density at radius 3 is 1.91 bits per heavy atom. The fourth-order valence-corrected chi connectivity index (χ4v) is 8.43. The molecule has 1 unspecified atom stereocenters. The van der Waals surface area contributed by atoms with Gasteiger partial charge in [0.2, 0.25) is 0 Å². The monoisotopic (exact) mass is 762 g/mol. The summed E-state index contributed by atoms with van der Waals surface area (Å²) in [5.41, 5.74) is 1.80. The number of ether oxygens (including phenoxy) is 5. The van der Waals surface area contributed by atoms with Crippen LogP contribution in [0.25, 0.3) is 0 Å². The zero-order chi connectivity index (χ0) is 38.7. The van der Waals surface area contributed by atoms with Gasteiger partial charge in [0.15, 0.2) is 0 Å². The third kappa shape index (κ3) is 10.0. The van der Waals surface area contributed by atoms with Crippen LogP contribution < -0.4 is 9.47 Å². The summed E-state index contributed by atoms with van der Waals surface area (Å²) in [6.07, 6.45) is -1.85. The number of nitriles is 1. The van der Waals surface area contributed by atoms with Crippen LogP contribution in [0, 0.1) is 23.0 Å². The molecule has 1 aliphatic rings. The number of rotatable bonds is 19. The third-order valence-corrected chi connectivity index (χ3v) is 11.2. The van der Waals surface area contributed by atoms with Gasteiger partial charge in [0, 0.05) is 18.2 Å². The molecule has 1 aliphatic heterocycles. The van der Waals surface area contributed by atoms with Gasteiger partial charge in [-0.05, 0) is 86.3 Å².